The zero-order valence-electron chi connectivity index (χ0n) is 19.3. The molecular formula is C26H23ClN4O4. The number of anilines is 1. The van der Waals surface area contributed by atoms with Crippen molar-refractivity contribution < 1.29 is 19.4 Å². The first kappa shape index (κ1) is 22.9. The number of methoxy groups -OCH3 is 1. The Balaban J connectivity index is 1.66. The maximum absolute atomic E-state index is 13.7. The molecule has 178 valence electrons. The summed E-state index contributed by atoms with van der Waals surface area (Å²) in [5, 5.41) is 15.4. The largest absolute Gasteiger partial charge is 0.453 e. The molecule has 4 aromatic rings. The van der Waals surface area contributed by atoms with Gasteiger partial charge in [-0.1, -0.05) is 48.0 Å². The van der Waals surface area contributed by atoms with Crippen LogP contribution >= 0.6 is 11.6 Å². The van der Waals surface area contributed by atoms with Gasteiger partial charge < -0.3 is 14.8 Å². The molecule has 35 heavy (non-hydrogen) atoms. The Morgan fingerprint density at radius 1 is 1.20 bits per heavy atom. The molecule has 1 aliphatic rings. The number of hydrogen-bond acceptors (Lipinski definition) is 5. The van der Waals surface area contributed by atoms with Crippen LogP contribution in [0.3, 0.4) is 0 Å². The van der Waals surface area contributed by atoms with Gasteiger partial charge in [-0.15, -0.1) is 0 Å². The number of fused-ring (bicyclic) bond motifs is 2. The molecule has 0 saturated carbocycles. The summed E-state index contributed by atoms with van der Waals surface area (Å²) in [7, 11) is 1.26. The van der Waals surface area contributed by atoms with Crippen LogP contribution in [0.15, 0.2) is 60.7 Å². The molecule has 1 aliphatic heterocycles. The number of aliphatic hydroxyl groups is 1. The van der Waals surface area contributed by atoms with Gasteiger partial charge in [-0.3, -0.25) is 15.0 Å². The summed E-state index contributed by atoms with van der Waals surface area (Å²) in [5.74, 6) is -0.0774. The van der Waals surface area contributed by atoms with Crippen molar-refractivity contribution in [3.05, 3.63) is 93.5 Å². The van der Waals surface area contributed by atoms with Crippen LogP contribution in [-0.2, 0) is 10.5 Å². The molecule has 0 aliphatic carbocycles. The highest BCUT2D eigenvalue weighted by molar-refractivity contribution is 6.31. The minimum atomic E-state index is -1.75. The number of H-pyrrole nitrogens is 1. The fraction of sp³-hybridized carbons (Fsp3) is 0.192. The van der Waals surface area contributed by atoms with E-state index in [4.69, 9.17) is 11.6 Å². The standard InChI is InChI=1S/C26H23ClN4O4/c1-14-17(8-6-10-20(14)27)15(2)31-23(32)18-7-4-5-9-19(18)26(31,34)16-11-12-21-22(13-16)29-24(28-21)30-25(33)35-3/h4-13,15,34H,1-3H3,(H2,28,29,30,33). The highest BCUT2D eigenvalue weighted by Crippen LogP contribution is 2.47. The van der Waals surface area contributed by atoms with Crippen LogP contribution in [0.1, 0.15) is 45.6 Å². The van der Waals surface area contributed by atoms with Crippen molar-refractivity contribution in [3.8, 4) is 0 Å². The summed E-state index contributed by atoms with van der Waals surface area (Å²) < 4.78 is 4.62. The first-order chi connectivity index (χ1) is 16.8. The molecule has 9 heteroatoms. The molecule has 5 rings (SSSR count). The summed E-state index contributed by atoms with van der Waals surface area (Å²) in [6.45, 7) is 3.77. The third-order valence-electron chi connectivity index (χ3n) is 6.54. The molecule has 1 aromatic heterocycles. The van der Waals surface area contributed by atoms with Gasteiger partial charge in [0, 0.05) is 21.7 Å². The van der Waals surface area contributed by atoms with E-state index in [0.717, 1.165) is 11.1 Å². The number of rotatable bonds is 4. The van der Waals surface area contributed by atoms with E-state index in [2.05, 4.69) is 20.0 Å². The zero-order chi connectivity index (χ0) is 24.9. The molecule has 3 N–H and O–H groups in total. The van der Waals surface area contributed by atoms with Crippen molar-refractivity contribution in [2.75, 3.05) is 12.4 Å². The monoisotopic (exact) mass is 490 g/mol. The maximum Gasteiger partial charge on any atom is 0.413 e. The van der Waals surface area contributed by atoms with Crippen LogP contribution in [0.25, 0.3) is 11.0 Å². The zero-order valence-corrected chi connectivity index (χ0v) is 20.1. The number of nitrogens with one attached hydrogen (secondary N) is 2. The number of benzene rings is 3. The Kier molecular flexibility index (Phi) is 5.50. The van der Waals surface area contributed by atoms with Crippen LogP contribution in [0.4, 0.5) is 10.7 Å². The van der Waals surface area contributed by atoms with Crippen LogP contribution in [-0.4, -0.2) is 39.1 Å². The summed E-state index contributed by atoms with van der Waals surface area (Å²) in [5.41, 5.74) is 2.47. The Hall–Kier alpha value is -3.88. The van der Waals surface area contributed by atoms with Crippen LogP contribution in [0.2, 0.25) is 5.02 Å². The van der Waals surface area contributed by atoms with E-state index in [1.807, 2.05) is 26.0 Å². The van der Waals surface area contributed by atoms with E-state index in [1.165, 1.54) is 12.0 Å². The van der Waals surface area contributed by atoms with Gasteiger partial charge in [0.2, 0.25) is 5.95 Å². The molecule has 2 unspecified atom stereocenters. The molecule has 8 nitrogen and oxygen atoms in total. The topological polar surface area (TPSA) is 108 Å². The van der Waals surface area contributed by atoms with E-state index in [-0.39, 0.29) is 11.9 Å². The summed E-state index contributed by atoms with van der Waals surface area (Å²) >= 11 is 6.38. The second-order valence-corrected chi connectivity index (χ2v) is 8.86. The Bertz CT molecular complexity index is 1480. The number of aromatic amines is 1. The van der Waals surface area contributed by atoms with E-state index >= 15 is 0 Å². The predicted octanol–water partition coefficient (Wildman–Crippen LogP) is 5.11. The molecule has 0 bridgehead atoms. The lowest BCUT2D eigenvalue weighted by Gasteiger charge is -2.39. The summed E-state index contributed by atoms with van der Waals surface area (Å²) in [4.78, 5) is 34.1. The average Bonchev–Trinajstić information content (AvgIpc) is 3.36. The summed E-state index contributed by atoms with van der Waals surface area (Å²) in [6.07, 6.45) is -0.657. The number of hydrogen-bond donors (Lipinski definition) is 3. The lowest BCUT2D eigenvalue weighted by molar-refractivity contribution is -0.0677. The maximum atomic E-state index is 13.7. The number of nitrogens with zero attached hydrogens (tertiary/aromatic N) is 2. The quantitative estimate of drug-likeness (QED) is 0.368. The van der Waals surface area contributed by atoms with Gasteiger partial charge in [0.15, 0.2) is 5.72 Å². The molecule has 2 atom stereocenters. The van der Waals surface area contributed by atoms with Crippen molar-refractivity contribution in [2.24, 2.45) is 0 Å². The molecule has 0 saturated heterocycles. The van der Waals surface area contributed by atoms with Gasteiger partial charge in [-0.05, 0) is 49.2 Å². The van der Waals surface area contributed by atoms with Crippen molar-refractivity contribution in [1.82, 2.24) is 14.9 Å². The number of aromatic nitrogens is 2. The molecule has 2 amide bonds. The van der Waals surface area contributed by atoms with Gasteiger partial charge in [0.25, 0.3) is 5.91 Å². The first-order valence-corrected chi connectivity index (χ1v) is 11.4. The number of halogens is 1. The minimum absolute atomic E-state index is 0.207. The van der Waals surface area contributed by atoms with E-state index < -0.39 is 17.9 Å². The molecular weight excluding hydrogens is 468 g/mol. The van der Waals surface area contributed by atoms with E-state index in [1.54, 1.807) is 48.5 Å². The van der Waals surface area contributed by atoms with Crippen molar-refractivity contribution in [3.63, 3.8) is 0 Å². The SMILES string of the molecule is COC(=O)Nc1nc2ccc(C3(O)c4ccccc4C(=O)N3C(C)c3cccc(Cl)c3C)cc2[nH]1. The normalized spacial score (nSPS) is 18.0. The predicted molar refractivity (Wildman–Crippen MR) is 132 cm³/mol. The highest BCUT2D eigenvalue weighted by Gasteiger charge is 2.52. The lowest BCUT2D eigenvalue weighted by Crippen LogP contribution is -2.46. The Morgan fingerprint density at radius 2 is 1.97 bits per heavy atom. The Morgan fingerprint density at radius 3 is 2.74 bits per heavy atom. The second kappa shape index (κ2) is 8.41. The third kappa shape index (κ3) is 3.53. The molecule has 0 radical (unpaired) electrons. The van der Waals surface area contributed by atoms with Gasteiger partial charge in [0.05, 0.1) is 24.2 Å². The fourth-order valence-electron chi connectivity index (χ4n) is 4.78. The molecule has 0 spiro atoms. The fourth-order valence-corrected chi connectivity index (χ4v) is 4.96. The van der Waals surface area contributed by atoms with Crippen molar-refractivity contribution >= 4 is 40.6 Å². The van der Waals surface area contributed by atoms with Gasteiger partial charge in [-0.25, -0.2) is 9.78 Å². The number of amides is 2. The molecule has 2 heterocycles. The van der Waals surface area contributed by atoms with Crippen LogP contribution in [0, 0.1) is 6.92 Å². The number of imidazole rings is 1. The summed E-state index contributed by atoms with van der Waals surface area (Å²) in [6, 6.07) is 17.3. The molecule has 3 aromatic carbocycles. The lowest BCUT2D eigenvalue weighted by atomic mass is 9.91. The van der Waals surface area contributed by atoms with Crippen LogP contribution < -0.4 is 5.32 Å². The van der Waals surface area contributed by atoms with Gasteiger partial charge >= 0.3 is 6.09 Å². The number of carbonyl (C=O) groups excluding carboxylic acids is 2. The molecule has 0 fully saturated rings. The Labute approximate surface area is 206 Å². The van der Waals surface area contributed by atoms with E-state index in [9.17, 15) is 14.7 Å². The number of ether oxygens (including phenoxy) is 1. The first-order valence-electron chi connectivity index (χ1n) is 11.0. The minimum Gasteiger partial charge on any atom is -0.453 e. The van der Waals surface area contributed by atoms with Crippen LogP contribution in [0.5, 0.6) is 0 Å². The highest BCUT2D eigenvalue weighted by atomic mass is 35.5. The van der Waals surface area contributed by atoms with Gasteiger partial charge in [-0.2, -0.15) is 0 Å². The van der Waals surface area contributed by atoms with Crippen molar-refractivity contribution in [1.29, 1.82) is 0 Å². The van der Waals surface area contributed by atoms with Gasteiger partial charge in [0.1, 0.15) is 0 Å². The second-order valence-electron chi connectivity index (χ2n) is 8.46. The average molecular weight is 491 g/mol. The van der Waals surface area contributed by atoms with E-state index in [0.29, 0.717) is 32.7 Å². The number of carbonyl (C=O) groups is 2. The van der Waals surface area contributed by atoms with Crippen molar-refractivity contribution in [2.45, 2.75) is 25.6 Å². The smallest absolute Gasteiger partial charge is 0.413 e. The third-order valence-corrected chi connectivity index (χ3v) is 6.95.